The molecule has 0 saturated heterocycles. The molecule has 0 radical (unpaired) electrons. The monoisotopic (exact) mass is 702 g/mol. The molecule has 0 aliphatic carbocycles. The van der Waals surface area contributed by atoms with Crippen LogP contribution in [0.25, 0.3) is 41.7 Å². The van der Waals surface area contributed by atoms with Crippen molar-refractivity contribution in [2.75, 3.05) is 9.80 Å². The van der Waals surface area contributed by atoms with Gasteiger partial charge in [-0.3, -0.25) is 0 Å². The summed E-state index contributed by atoms with van der Waals surface area (Å²) in [5.41, 5.74) is 9.65. The molecule has 0 unspecified atom stereocenters. The summed E-state index contributed by atoms with van der Waals surface area (Å²) in [6.45, 7) is 9.01. The first-order chi connectivity index (χ1) is 26.0. The quantitative estimate of drug-likeness (QED) is 0.156. The SMILES string of the molecule is CC(C)c1ccc(N(c2ccccc2)c2cc3sc4cc(N(c5ccccc5)c5ccc(C(C)C)cc5)c5ccccc5c4c3c3ccccc23)cc1. The van der Waals surface area contributed by atoms with Crippen LogP contribution in [0.5, 0.6) is 0 Å². The Labute approximate surface area is 316 Å². The van der Waals surface area contributed by atoms with E-state index >= 15 is 0 Å². The lowest BCUT2D eigenvalue weighted by Gasteiger charge is -2.28. The van der Waals surface area contributed by atoms with Crippen molar-refractivity contribution >= 4 is 87.2 Å². The van der Waals surface area contributed by atoms with E-state index in [1.807, 2.05) is 11.3 Å². The van der Waals surface area contributed by atoms with Crippen molar-refractivity contribution in [1.29, 1.82) is 0 Å². The molecule has 0 fully saturated rings. The average Bonchev–Trinajstić information content (AvgIpc) is 3.58. The van der Waals surface area contributed by atoms with Gasteiger partial charge in [0.05, 0.1) is 11.4 Å². The van der Waals surface area contributed by atoms with E-state index in [9.17, 15) is 0 Å². The molecule has 0 atom stereocenters. The fraction of sp³-hybridized carbons (Fsp3) is 0.120. The Morgan fingerprint density at radius 3 is 1.04 bits per heavy atom. The van der Waals surface area contributed by atoms with Crippen LogP contribution in [-0.2, 0) is 0 Å². The van der Waals surface area contributed by atoms with Crippen LogP contribution in [0.3, 0.4) is 0 Å². The average molecular weight is 703 g/mol. The van der Waals surface area contributed by atoms with E-state index in [0.29, 0.717) is 11.8 Å². The smallest absolute Gasteiger partial charge is 0.0554 e. The third-order valence-electron chi connectivity index (χ3n) is 10.6. The Balaban J connectivity index is 1.32. The van der Waals surface area contributed by atoms with Gasteiger partial charge in [0.15, 0.2) is 0 Å². The normalized spacial score (nSPS) is 11.7. The first-order valence-corrected chi connectivity index (χ1v) is 19.5. The molecule has 0 bridgehead atoms. The molecule has 9 rings (SSSR count). The number of rotatable bonds is 8. The van der Waals surface area contributed by atoms with Gasteiger partial charge in [0.2, 0.25) is 0 Å². The Morgan fingerprint density at radius 2 is 0.679 bits per heavy atom. The van der Waals surface area contributed by atoms with E-state index in [-0.39, 0.29) is 0 Å². The van der Waals surface area contributed by atoms with Gasteiger partial charge in [0.1, 0.15) is 0 Å². The molecule has 53 heavy (non-hydrogen) atoms. The first-order valence-electron chi connectivity index (χ1n) is 18.7. The molecular formula is C50H42N2S. The summed E-state index contributed by atoms with van der Waals surface area (Å²) < 4.78 is 2.56. The summed E-state index contributed by atoms with van der Waals surface area (Å²) in [6, 6.07) is 62.6. The largest absolute Gasteiger partial charge is 0.310 e. The van der Waals surface area contributed by atoms with Crippen LogP contribution < -0.4 is 9.80 Å². The Bertz CT molecular complexity index is 2520. The molecule has 1 heterocycles. The summed E-state index contributed by atoms with van der Waals surface area (Å²) in [7, 11) is 0. The number of hydrogen-bond acceptors (Lipinski definition) is 3. The number of thiophene rings is 1. The van der Waals surface area contributed by atoms with Gasteiger partial charge in [-0.1, -0.05) is 137 Å². The lowest BCUT2D eigenvalue weighted by Crippen LogP contribution is -2.10. The third kappa shape index (κ3) is 5.82. The van der Waals surface area contributed by atoms with Gasteiger partial charge in [-0.15, -0.1) is 11.3 Å². The molecule has 0 aliphatic rings. The van der Waals surface area contributed by atoms with Crippen molar-refractivity contribution in [3.63, 3.8) is 0 Å². The molecule has 9 aromatic rings. The molecule has 0 N–H and O–H groups in total. The number of para-hydroxylation sites is 2. The van der Waals surface area contributed by atoms with Crippen LogP contribution in [0.4, 0.5) is 34.1 Å². The van der Waals surface area contributed by atoms with Gasteiger partial charge < -0.3 is 9.80 Å². The summed E-state index contributed by atoms with van der Waals surface area (Å²) in [6.07, 6.45) is 0. The zero-order valence-electron chi connectivity index (χ0n) is 30.6. The van der Waals surface area contributed by atoms with E-state index < -0.39 is 0 Å². The minimum atomic E-state index is 0.474. The predicted octanol–water partition coefficient (Wildman–Crippen LogP) is 15.5. The molecule has 0 spiro atoms. The molecule has 258 valence electrons. The Morgan fingerprint density at radius 1 is 0.358 bits per heavy atom. The highest BCUT2D eigenvalue weighted by Crippen LogP contribution is 2.50. The Hall–Kier alpha value is -5.90. The molecule has 2 nitrogen and oxygen atoms in total. The van der Waals surface area contributed by atoms with Crippen molar-refractivity contribution < 1.29 is 0 Å². The third-order valence-corrected chi connectivity index (χ3v) is 11.7. The fourth-order valence-corrected chi connectivity index (χ4v) is 9.06. The number of hydrogen-bond donors (Lipinski definition) is 0. The van der Waals surface area contributed by atoms with Crippen LogP contribution in [0, 0.1) is 0 Å². The zero-order valence-corrected chi connectivity index (χ0v) is 31.4. The maximum Gasteiger partial charge on any atom is 0.0554 e. The van der Waals surface area contributed by atoms with Crippen LogP contribution >= 0.6 is 11.3 Å². The number of anilines is 6. The van der Waals surface area contributed by atoms with E-state index in [1.165, 1.54) is 64.2 Å². The van der Waals surface area contributed by atoms with Crippen LogP contribution in [-0.4, -0.2) is 0 Å². The van der Waals surface area contributed by atoms with Crippen molar-refractivity contribution in [3.05, 3.63) is 181 Å². The molecule has 1 aromatic heterocycles. The van der Waals surface area contributed by atoms with Crippen molar-refractivity contribution in [1.82, 2.24) is 0 Å². The molecule has 3 heteroatoms. The van der Waals surface area contributed by atoms with Gasteiger partial charge in [-0.05, 0) is 94.4 Å². The van der Waals surface area contributed by atoms with Gasteiger partial charge in [-0.25, -0.2) is 0 Å². The topological polar surface area (TPSA) is 6.48 Å². The highest BCUT2D eigenvalue weighted by atomic mass is 32.1. The molecule has 0 amide bonds. The minimum Gasteiger partial charge on any atom is -0.310 e. The van der Waals surface area contributed by atoms with Crippen molar-refractivity contribution in [2.24, 2.45) is 0 Å². The lowest BCUT2D eigenvalue weighted by atomic mass is 9.96. The van der Waals surface area contributed by atoms with Gasteiger partial charge in [0, 0.05) is 53.7 Å². The number of nitrogens with zero attached hydrogens (tertiary/aromatic N) is 2. The molecule has 0 saturated carbocycles. The second-order valence-corrected chi connectivity index (χ2v) is 15.6. The molecule has 8 aromatic carbocycles. The predicted molar refractivity (Wildman–Crippen MR) is 232 cm³/mol. The van der Waals surface area contributed by atoms with Crippen LogP contribution in [0.1, 0.15) is 50.7 Å². The van der Waals surface area contributed by atoms with Crippen molar-refractivity contribution in [2.45, 2.75) is 39.5 Å². The summed E-state index contributed by atoms with van der Waals surface area (Å²) in [5, 5.41) is 7.66. The molecule has 0 aliphatic heterocycles. The molecular weight excluding hydrogens is 661 g/mol. The van der Waals surface area contributed by atoms with Crippen LogP contribution in [0.2, 0.25) is 0 Å². The zero-order chi connectivity index (χ0) is 36.1. The van der Waals surface area contributed by atoms with Gasteiger partial charge >= 0.3 is 0 Å². The second kappa shape index (κ2) is 13.6. The maximum atomic E-state index is 2.43. The van der Waals surface area contributed by atoms with Gasteiger partial charge in [-0.2, -0.15) is 0 Å². The summed E-state index contributed by atoms with van der Waals surface area (Å²) in [4.78, 5) is 4.86. The lowest BCUT2D eigenvalue weighted by molar-refractivity contribution is 0.866. The number of fused-ring (bicyclic) bond motifs is 7. The van der Waals surface area contributed by atoms with Gasteiger partial charge in [0.25, 0.3) is 0 Å². The maximum absolute atomic E-state index is 2.43. The summed E-state index contributed by atoms with van der Waals surface area (Å²) >= 11 is 1.89. The standard InChI is InChI=1S/C50H42N2S/c1-33(2)35-23-27-39(28-24-35)51(37-15-7-5-8-16-37)45-31-47-49(43-21-13-11-19-41(43)45)50-44-22-14-12-20-42(44)46(32-48(50)53-47)52(38-17-9-6-10-18-38)40-29-25-36(26-30-40)34(3)4/h5-34H,1-4H3. The van der Waals surface area contributed by atoms with E-state index in [4.69, 9.17) is 0 Å². The highest BCUT2D eigenvalue weighted by molar-refractivity contribution is 7.26. The Kier molecular flexibility index (Phi) is 8.45. The van der Waals surface area contributed by atoms with E-state index in [0.717, 1.165) is 22.7 Å². The van der Waals surface area contributed by atoms with Crippen molar-refractivity contribution in [3.8, 4) is 0 Å². The second-order valence-electron chi connectivity index (χ2n) is 14.6. The van der Waals surface area contributed by atoms with E-state index in [2.05, 4.69) is 207 Å². The minimum absolute atomic E-state index is 0.474. The fourth-order valence-electron chi connectivity index (χ4n) is 7.85. The van der Waals surface area contributed by atoms with E-state index in [1.54, 1.807) is 0 Å². The number of benzene rings is 8. The summed E-state index contributed by atoms with van der Waals surface area (Å²) in [5.74, 6) is 0.948. The highest BCUT2D eigenvalue weighted by Gasteiger charge is 2.23. The first kappa shape index (κ1) is 33.0. The van der Waals surface area contributed by atoms with Crippen LogP contribution in [0.15, 0.2) is 170 Å².